The fraction of sp³-hybridized carbons (Fsp3) is 0.588. The number of carbonyl (C=O) groups is 1. The number of benzene rings is 1. The van der Waals surface area contributed by atoms with Crippen molar-refractivity contribution in [2.45, 2.75) is 46.0 Å². The summed E-state index contributed by atoms with van der Waals surface area (Å²) in [4.78, 5) is 13.8. The lowest BCUT2D eigenvalue weighted by atomic mass is 10.0. The van der Waals surface area contributed by atoms with Gasteiger partial charge in [0.05, 0.1) is 16.9 Å². The molecule has 5 N–H and O–H groups in total. The highest BCUT2D eigenvalue weighted by Gasteiger charge is 2.16. The Morgan fingerprint density at radius 3 is 2.18 bits per heavy atom. The zero-order valence-corrected chi connectivity index (χ0v) is 13.8. The van der Waals surface area contributed by atoms with Crippen molar-refractivity contribution in [1.29, 1.82) is 0 Å². The van der Waals surface area contributed by atoms with Gasteiger partial charge in [-0.1, -0.05) is 26.7 Å². The molecule has 0 aromatic heterocycles. The van der Waals surface area contributed by atoms with Crippen LogP contribution >= 0.6 is 0 Å². The van der Waals surface area contributed by atoms with Crippen LogP contribution in [0.1, 0.15) is 55.5 Å². The summed E-state index contributed by atoms with van der Waals surface area (Å²) in [6, 6.07) is 3.11. The Morgan fingerprint density at radius 2 is 1.68 bits per heavy atom. The molecule has 0 bridgehead atoms. The third kappa shape index (κ3) is 5.22. The molecular formula is C17H29N3O2. The number of hydrogen-bond donors (Lipinski definition) is 3. The Kier molecular flexibility index (Phi) is 7.74. The van der Waals surface area contributed by atoms with Gasteiger partial charge in [0.1, 0.15) is 0 Å². The summed E-state index contributed by atoms with van der Waals surface area (Å²) in [5.74, 6) is -0.949. The maximum atomic E-state index is 11.4. The number of unbranched alkanes of at least 4 members (excludes halogenated alkanes) is 2. The van der Waals surface area contributed by atoms with E-state index in [-0.39, 0.29) is 5.56 Å². The third-order valence-corrected chi connectivity index (χ3v) is 3.96. The highest BCUT2D eigenvalue weighted by Crippen LogP contribution is 2.25. The van der Waals surface area contributed by atoms with Crippen molar-refractivity contribution in [2.24, 2.45) is 0 Å². The van der Waals surface area contributed by atoms with Crippen molar-refractivity contribution >= 4 is 17.3 Å². The summed E-state index contributed by atoms with van der Waals surface area (Å²) in [7, 11) is 0. The summed E-state index contributed by atoms with van der Waals surface area (Å²) in [5, 5.41) is 9.32. The predicted molar refractivity (Wildman–Crippen MR) is 92.2 cm³/mol. The number of rotatable bonds is 10. The van der Waals surface area contributed by atoms with Crippen LogP contribution in [0.25, 0.3) is 0 Å². The van der Waals surface area contributed by atoms with Crippen LogP contribution in [0, 0.1) is 0 Å². The van der Waals surface area contributed by atoms with Crippen LogP contribution in [0.4, 0.5) is 11.4 Å². The number of anilines is 2. The van der Waals surface area contributed by atoms with Crippen LogP contribution in [0.3, 0.4) is 0 Å². The van der Waals surface area contributed by atoms with E-state index in [2.05, 4.69) is 18.7 Å². The Balaban J connectivity index is 2.82. The molecule has 0 aliphatic rings. The Morgan fingerprint density at radius 1 is 1.09 bits per heavy atom. The molecule has 0 saturated carbocycles. The minimum Gasteiger partial charge on any atom is -0.478 e. The molecule has 5 nitrogen and oxygen atoms in total. The van der Waals surface area contributed by atoms with E-state index in [0.29, 0.717) is 23.4 Å². The Bertz CT molecular complexity index is 481. The molecule has 1 rings (SSSR count). The molecule has 0 aliphatic heterocycles. The van der Waals surface area contributed by atoms with E-state index in [4.69, 9.17) is 11.5 Å². The topological polar surface area (TPSA) is 92.6 Å². The van der Waals surface area contributed by atoms with Gasteiger partial charge in [-0.25, -0.2) is 4.79 Å². The number of nitrogens with zero attached hydrogens (tertiary/aromatic N) is 1. The molecule has 0 aliphatic carbocycles. The first kappa shape index (κ1) is 18.3. The quantitative estimate of drug-likeness (QED) is 0.578. The maximum absolute atomic E-state index is 11.4. The van der Waals surface area contributed by atoms with Crippen LogP contribution in [0.2, 0.25) is 0 Å². The number of hydrogen-bond acceptors (Lipinski definition) is 4. The SMILES string of the molecule is CCCCN(CCCC)CCc1c(C(=O)O)ccc(N)c1N. The monoisotopic (exact) mass is 307 g/mol. The lowest BCUT2D eigenvalue weighted by Gasteiger charge is -2.23. The van der Waals surface area contributed by atoms with Gasteiger partial charge in [-0.3, -0.25) is 0 Å². The molecule has 0 fully saturated rings. The van der Waals surface area contributed by atoms with Crippen molar-refractivity contribution in [3.63, 3.8) is 0 Å². The second-order valence-corrected chi connectivity index (χ2v) is 5.70. The standard InChI is InChI=1S/C17H29N3O2/c1-3-5-10-20(11-6-4-2)12-9-13-14(17(21)22)7-8-15(18)16(13)19/h7-8H,3-6,9-12,18-19H2,1-2H3,(H,21,22). The third-order valence-electron chi connectivity index (χ3n) is 3.96. The zero-order valence-electron chi connectivity index (χ0n) is 13.8. The molecule has 22 heavy (non-hydrogen) atoms. The van der Waals surface area contributed by atoms with Crippen molar-refractivity contribution in [3.05, 3.63) is 23.3 Å². The molecule has 0 atom stereocenters. The first-order valence-electron chi connectivity index (χ1n) is 8.13. The van der Waals surface area contributed by atoms with Crippen LogP contribution in [0.5, 0.6) is 0 Å². The molecule has 124 valence electrons. The van der Waals surface area contributed by atoms with Crippen molar-refractivity contribution in [3.8, 4) is 0 Å². The van der Waals surface area contributed by atoms with Crippen molar-refractivity contribution in [1.82, 2.24) is 4.90 Å². The van der Waals surface area contributed by atoms with E-state index in [1.165, 1.54) is 0 Å². The lowest BCUT2D eigenvalue weighted by Crippen LogP contribution is -2.29. The fourth-order valence-electron chi connectivity index (χ4n) is 2.52. The smallest absolute Gasteiger partial charge is 0.336 e. The second kappa shape index (κ2) is 9.30. The number of carboxylic acid groups (broad SMARTS) is 1. The van der Waals surface area contributed by atoms with Crippen molar-refractivity contribution < 1.29 is 9.90 Å². The molecule has 1 aromatic rings. The van der Waals surface area contributed by atoms with Gasteiger partial charge in [-0.05, 0) is 50.0 Å². The molecule has 0 spiro atoms. The van der Waals surface area contributed by atoms with Gasteiger partial charge in [0.2, 0.25) is 0 Å². The zero-order chi connectivity index (χ0) is 16.5. The number of nitrogens with two attached hydrogens (primary N) is 2. The second-order valence-electron chi connectivity index (χ2n) is 5.70. The minimum atomic E-state index is -0.949. The van der Waals surface area contributed by atoms with E-state index < -0.39 is 5.97 Å². The Labute approximate surface area is 133 Å². The van der Waals surface area contributed by atoms with E-state index in [1.54, 1.807) is 12.1 Å². The normalized spacial score (nSPS) is 11.0. The van der Waals surface area contributed by atoms with Gasteiger partial charge in [0, 0.05) is 6.54 Å². The summed E-state index contributed by atoms with van der Waals surface area (Å²) < 4.78 is 0. The summed E-state index contributed by atoms with van der Waals surface area (Å²) >= 11 is 0. The van der Waals surface area contributed by atoms with Gasteiger partial charge in [0.25, 0.3) is 0 Å². The predicted octanol–water partition coefficient (Wildman–Crippen LogP) is 2.99. The molecule has 0 amide bonds. The number of carboxylic acids is 1. The van der Waals surface area contributed by atoms with Crippen LogP contribution in [-0.4, -0.2) is 35.6 Å². The summed E-state index contributed by atoms with van der Waals surface area (Å²) in [6.07, 6.45) is 5.24. The van der Waals surface area contributed by atoms with E-state index in [0.717, 1.165) is 45.3 Å². The minimum absolute atomic E-state index is 0.262. The summed E-state index contributed by atoms with van der Waals surface area (Å²) in [5.41, 5.74) is 13.6. The van der Waals surface area contributed by atoms with Gasteiger partial charge < -0.3 is 21.5 Å². The van der Waals surface area contributed by atoms with Crippen LogP contribution in [-0.2, 0) is 6.42 Å². The van der Waals surface area contributed by atoms with Gasteiger partial charge in [-0.15, -0.1) is 0 Å². The lowest BCUT2D eigenvalue weighted by molar-refractivity contribution is 0.0695. The molecule has 0 heterocycles. The maximum Gasteiger partial charge on any atom is 0.336 e. The molecule has 0 radical (unpaired) electrons. The van der Waals surface area contributed by atoms with Crippen LogP contribution < -0.4 is 11.5 Å². The largest absolute Gasteiger partial charge is 0.478 e. The van der Waals surface area contributed by atoms with E-state index >= 15 is 0 Å². The Hall–Kier alpha value is -1.75. The highest BCUT2D eigenvalue weighted by atomic mass is 16.4. The van der Waals surface area contributed by atoms with Gasteiger partial charge >= 0.3 is 5.97 Å². The number of aromatic carboxylic acids is 1. The summed E-state index contributed by atoms with van der Waals surface area (Å²) in [6.45, 7) is 7.25. The first-order chi connectivity index (χ1) is 10.5. The molecule has 5 heteroatoms. The average Bonchev–Trinajstić information content (AvgIpc) is 2.49. The average molecular weight is 307 g/mol. The fourth-order valence-corrected chi connectivity index (χ4v) is 2.52. The van der Waals surface area contributed by atoms with E-state index in [9.17, 15) is 9.90 Å². The van der Waals surface area contributed by atoms with Gasteiger partial charge in [0.15, 0.2) is 0 Å². The van der Waals surface area contributed by atoms with Crippen LogP contribution in [0.15, 0.2) is 12.1 Å². The van der Waals surface area contributed by atoms with Crippen molar-refractivity contribution in [2.75, 3.05) is 31.1 Å². The molecule has 0 saturated heterocycles. The highest BCUT2D eigenvalue weighted by molar-refractivity contribution is 5.93. The molecule has 1 aromatic carbocycles. The molecular weight excluding hydrogens is 278 g/mol. The van der Waals surface area contributed by atoms with E-state index in [1.807, 2.05) is 0 Å². The molecule has 0 unspecified atom stereocenters. The van der Waals surface area contributed by atoms with Gasteiger partial charge in [-0.2, -0.15) is 0 Å². The first-order valence-corrected chi connectivity index (χ1v) is 8.13. The number of nitrogen functional groups attached to an aromatic ring is 2.